The second-order valence-electron chi connectivity index (χ2n) is 8.95. The first kappa shape index (κ1) is 23.2. The molecule has 1 atom stereocenters. The molecule has 0 bridgehead atoms. The van der Waals surface area contributed by atoms with Crippen LogP contribution in [0.3, 0.4) is 0 Å². The SMILES string of the molecule is CN=C(NCC1CCCN(C)C1)NC1CCN(CC2CCCCC2)CC1.I. The van der Waals surface area contributed by atoms with Crippen molar-refractivity contribution >= 4 is 29.9 Å². The Balaban J connectivity index is 0.00000261. The fraction of sp³-hybridized carbons (Fsp3) is 0.952. The topological polar surface area (TPSA) is 42.9 Å². The summed E-state index contributed by atoms with van der Waals surface area (Å²) in [6, 6.07) is 0.581. The number of hydrogen-bond acceptors (Lipinski definition) is 3. The molecule has 0 aromatic heterocycles. The molecule has 5 nitrogen and oxygen atoms in total. The Bertz CT molecular complexity index is 430. The van der Waals surface area contributed by atoms with E-state index in [1.54, 1.807) is 0 Å². The van der Waals surface area contributed by atoms with Crippen molar-refractivity contribution in [2.45, 2.75) is 63.8 Å². The van der Waals surface area contributed by atoms with E-state index in [1.165, 1.54) is 90.5 Å². The van der Waals surface area contributed by atoms with Crippen molar-refractivity contribution < 1.29 is 0 Å². The van der Waals surface area contributed by atoms with Gasteiger partial charge in [-0.05, 0) is 64.0 Å². The van der Waals surface area contributed by atoms with E-state index >= 15 is 0 Å². The van der Waals surface area contributed by atoms with Crippen LogP contribution in [0.4, 0.5) is 0 Å². The Morgan fingerprint density at radius 1 is 0.926 bits per heavy atom. The highest BCUT2D eigenvalue weighted by atomic mass is 127. The van der Waals surface area contributed by atoms with Gasteiger partial charge in [-0.1, -0.05) is 19.3 Å². The first-order valence-electron chi connectivity index (χ1n) is 11.1. The second-order valence-corrected chi connectivity index (χ2v) is 8.95. The molecule has 3 aliphatic rings. The van der Waals surface area contributed by atoms with Gasteiger partial charge in [-0.25, -0.2) is 0 Å². The number of aliphatic imine (C=N–C) groups is 1. The molecule has 0 aromatic rings. The zero-order valence-electron chi connectivity index (χ0n) is 17.6. The predicted octanol–water partition coefficient (Wildman–Crippen LogP) is 3.16. The van der Waals surface area contributed by atoms with Crippen LogP contribution in [0.5, 0.6) is 0 Å². The molecule has 3 rings (SSSR count). The van der Waals surface area contributed by atoms with Gasteiger partial charge in [0.2, 0.25) is 0 Å². The van der Waals surface area contributed by atoms with Crippen LogP contribution < -0.4 is 10.6 Å². The maximum absolute atomic E-state index is 4.47. The fourth-order valence-electron chi connectivity index (χ4n) is 5.06. The smallest absolute Gasteiger partial charge is 0.191 e. The molecule has 1 aliphatic carbocycles. The Morgan fingerprint density at radius 3 is 2.30 bits per heavy atom. The van der Waals surface area contributed by atoms with Crippen LogP contribution in [0.25, 0.3) is 0 Å². The normalized spacial score (nSPS) is 27.2. The lowest BCUT2D eigenvalue weighted by Crippen LogP contribution is -2.50. The molecule has 158 valence electrons. The highest BCUT2D eigenvalue weighted by Gasteiger charge is 2.23. The minimum absolute atomic E-state index is 0. The quantitative estimate of drug-likeness (QED) is 0.352. The van der Waals surface area contributed by atoms with E-state index < -0.39 is 0 Å². The van der Waals surface area contributed by atoms with Crippen molar-refractivity contribution in [2.24, 2.45) is 16.8 Å². The molecule has 0 aromatic carbocycles. The first-order chi connectivity index (χ1) is 12.7. The van der Waals surface area contributed by atoms with Gasteiger partial charge in [-0.15, -0.1) is 24.0 Å². The summed E-state index contributed by atoms with van der Waals surface area (Å²) in [5, 5.41) is 7.26. The minimum Gasteiger partial charge on any atom is -0.356 e. The van der Waals surface area contributed by atoms with Crippen molar-refractivity contribution in [1.29, 1.82) is 0 Å². The van der Waals surface area contributed by atoms with Crippen molar-refractivity contribution in [2.75, 3.05) is 53.4 Å². The summed E-state index contributed by atoms with van der Waals surface area (Å²) in [6.07, 6.45) is 12.5. The zero-order valence-corrected chi connectivity index (χ0v) is 19.9. The molecular formula is C21H42IN5. The van der Waals surface area contributed by atoms with Gasteiger partial charge in [0.1, 0.15) is 0 Å². The number of nitrogens with zero attached hydrogens (tertiary/aromatic N) is 3. The molecule has 0 amide bonds. The van der Waals surface area contributed by atoms with Crippen LogP contribution in [0.2, 0.25) is 0 Å². The van der Waals surface area contributed by atoms with Gasteiger partial charge in [0.25, 0.3) is 0 Å². The highest BCUT2D eigenvalue weighted by molar-refractivity contribution is 14.0. The van der Waals surface area contributed by atoms with E-state index in [2.05, 4.69) is 32.5 Å². The molecule has 6 heteroatoms. The number of rotatable bonds is 5. The van der Waals surface area contributed by atoms with Crippen LogP contribution in [-0.4, -0.2) is 75.2 Å². The molecule has 2 heterocycles. The molecule has 0 spiro atoms. The zero-order chi connectivity index (χ0) is 18.2. The van der Waals surface area contributed by atoms with Crippen molar-refractivity contribution in [1.82, 2.24) is 20.4 Å². The predicted molar refractivity (Wildman–Crippen MR) is 126 cm³/mol. The summed E-state index contributed by atoms with van der Waals surface area (Å²) in [4.78, 5) is 9.63. The van der Waals surface area contributed by atoms with E-state index in [9.17, 15) is 0 Å². The first-order valence-corrected chi connectivity index (χ1v) is 11.1. The maximum Gasteiger partial charge on any atom is 0.191 e. The van der Waals surface area contributed by atoms with Crippen molar-refractivity contribution in [3.05, 3.63) is 0 Å². The molecular weight excluding hydrogens is 449 g/mol. The summed E-state index contributed by atoms with van der Waals surface area (Å²) in [6.45, 7) is 7.35. The minimum atomic E-state index is 0. The van der Waals surface area contributed by atoms with E-state index in [4.69, 9.17) is 0 Å². The average Bonchev–Trinajstić information content (AvgIpc) is 2.67. The third-order valence-corrected chi connectivity index (χ3v) is 6.67. The average molecular weight is 492 g/mol. The van der Waals surface area contributed by atoms with Crippen LogP contribution in [-0.2, 0) is 0 Å². The Morgan fingerprint density at radius 2 is 1.63 bits per heavy atom. The number of nitrogens with one attached hydrogen (secondary N) is 2. The van der Waals surface area contributed by atoms with Gasteiger partial charge >= 0.3 is 0 Å². The van der Waals surface area contributed by atoms with Gasteiger partial charge in [0.05, 0.1) is 0 Å². The van der Waals surface area contributed by atoms with E-state index in [1.807, 2.05) is 7.05 Å². The van der Waals surface area contributed by atoms with Gasteiger partial charge in [0.15, 0.2) is 5.96 Å². The van der Waals surface area contributed by atoms with Gasteiger partial charge in [-0.3, -0.25) is 4.99 Å². The summed E-state index contributed by atoms with van der Waals surface area (Å²) < 4.78 is 0. The van der Waals surface area contributed by atoms with Gasteiger partial charge in [-0.2, -0.15) is 0 Å². The molecule has 0 radical (unpaired) electrons. The fourth-order valence-corrected chi connectivity index (χ4v) is 5.06. The van der Waals surface area contributed by atoms with Crippen molar-refractivity contribution in [3.63, 3.8) is 0 Å². The van der Waals surface area contributed by atoms with Crippen LogP contribution in [0.15, 0.2) is 4.99 Å². The summed E-state index contributed by atoms with van der Waals surface area (Å²) >= 11 is 0. The van der Waals surface area contributed by atoms with Gasteiger partial charge < -0.3 is 20.4 Å². The summed E-state index contributed by atoms with van der Waals surface area (Å²) in [7, 11) is 4.14. The monoisotopic (exact) mass is 491 g/mol. The number of hydrogen-bond donors (Lipinski definition) is 2. The van der Waals surface area contributed by atoms with E-state index in [0.717, 1.165) is 24.3 Å². The number of halogens is 1. The maximum atomic E-state index is 4.47. The number of guanidine groups is 1. The lowest BCUT2D eigenvalue weighted by atomic mass is 9.88. The van der Waals surface area contributed by atoms with Crippen LogP contribution >= 0.6 is 24.0 Å². The van der Waals surface area contributed by atoms with Crippen LogP contribution in [0, 0.1) is 11.8 Å². The molecule has 27 heavy (non-hydrogen) atoms. The third-order valence-electron chi connectivity index (χ3n) is 6.67. The molecule has 2 N–H and O–H groups in total. The Hall–Kier alpha value is -0.0800. The Kier molecular flexibility index (Phi) is 10.7. The van der Waals surface area contributed by atoms with Gasteiger partial charge in [0, 0.05) is 45.8 Å². The lowest BCUT2D eigenvalue weighted by Gasteiger charge is -2.36. The van der Waals surface area contributed by atoms with E-state index in [-0.39, 0.29) is 24.0 Å². The lowest BCUT2D eigenvalue weighted by molar-refractivity contribution is 0.160. The summed E-state index contributed by atoms with van der Waals surface area (Å²) in [5.74, 6) is 2.73. The van der Waals surface area contributed by atoms with Crippen LogP contribution in [0.1, 0.15) is 57.8 Å². The van der Waals surface area contributed by atoms with E-state index in [0.29, 0.717) is 6.04 Å². The molecule has 1 unspecified atom stereocenters. The number of likely N-dealkylation sites (tertiary alicyclic amines) is 2. The molecule has 3 fully saturated rings. The Labute approximate surface area is 184 Å². The highest BCUT2D eigenvalue weighted by Crippen LogP contribution is 2.25. The molecule has 2 aliphatic heterocycles. The molecule has 2 saturated heterocycles. The van der Waals surface area contributed by atoms with Crippen molar-refractivity contribution in [3.8, 4) is 0 Å². The molecule has 1 saturated carbocycles. The standard InChI is InChI=1S/C21H41N5.HI/c1-22-21(23-15-19-9-6-12-25(2)16-19)24-20-10-13-26(14-11-20)17-18-7-4-3-5-8-18;/h18-20H,3-17H2,1-2H3,(H2,22,23,24);1H. The third kappa shape index (κ3) is 8.05. The number of piperidine rings is 2. The largest absolute Gasteiger partial charge is 0.356 e. The summed E-state index contributed by atoms with van der Waals surface area (Å²) in [5.41, 5.74) is 0. The second kappa shape index (κ2) is 12.5.